The average Bonchev–Trinajstić information content (AvgIpc) is 2.98. The van der Waals surface area contributed by atoms with Crippen molar-refractivity contribution in [1.82, 2.24) is 19.5 Å². The van der Waals surface area contributed by atoms with Crippen LogP contribution >= 0.6 is 0 Å². The molecule has 0 aliphatic carbocycles. The van der Waals surface area contributed by atoms with E-state index in [9.17, 15) is 13.2 Å². The second kappa shape index (κ2) is 5.66. The zero-order chi connectivity index (χ0) is 13.9. The van der Waals surface area contributed by atoms with E-state index in [2.05, 4.69) is 20.5 Å². The van der Waals surface area contributed by atoms with Crippen LogP contribution in [0.25, 0.3) is 0 Å². The third-order valence-electron chi connectivity index (χ3n) is 2.98. The molecule has 0 radical (unpaired) electrons. The topological polar surface area (TPSA) is 108 Å². The van der Waals surface area contributed by atoms with Crippen LogP contribution in [0.2, 0.25) is 0 Å². The van der Waals surface area contributed by atoms with Gasteiger partial charge in [0.25, 0.3) is 0 Å². The number of H-pyrrole nitrogens is 1. The summed E-state index contributed by atoms with van der Waals surface area (Å²) in [4.78, 5) is 15.9. The zero-order valence-corrected chi connectivity index (χ0v) is 11.5. The molecule has 106 valence electrons. The Morgan fingerprint density at radius 1 is 1.63 bits per heavy atom. The molecular weight excluding hydrogens is 270 g/mol. The summed E-state index contributed by atoms with van der Waals surface area (Å²) in [7, 11) is -3.36. The monoisotopic (exact) mass is 287 g/mol. The van der Waals surface area contributed by atoms with Gasteiger partial charge in [0.2, 0.25) is 21.9 Å². The molecule has 2 heterocycles. The Hall–Kier alpha value is -1.48. The SMILES string of the molecule is CCCS(=O)(=O)N1CCCC1C(=O)Nc1ncn[nH]1. The van der Waals surface area contributed by atoms with Crippen molar-refractivity contribution < 1.29 is 13.2 Å². The Bertz CT molecular complexity index is 527. The number of nitrogens with one attached hydrogen (secondary N) is 2. The molecule has 19 heavy (non-hydrogen) atoms. The molecule has 0 saturated carbocycles. The van der Waals surface area contributed by atoms with Crippen LogP contribution < -0.4 is 5.32 Å². The summed E-state index contributed by atoms with van der Waals surface area (Å²) in [5.41, 5.74) is 0. The quantitative estimate of drug-likeness (QED) is 0.789. The Morgan fingerprint density at radius 2 is 2.42 bits per heavy atom. The van der Waals surface area contributed by atoms with Crippen LogP contribution in [-0.4, -0.2) is 52.2 Å². The number of amides is 1. The van der Waals surface area contributed by atoms with Gasteiger partial charge in [0.1, 0.15) is 12.4 Å². The molecule has 1 fully saturated rings. The molecule has 1 amide bonds. The first-order chi connectivity index (χ1) is 9.04. The van der Waals surface area contributed by atoms with Crippen LogP contribution in [-0.2, 0) is 14.8 Å². The van der Waals surface area contributed by atoms with Crippen LogP contribution in [0, 0.1) is 0 Å². The largest absolute Gasteiger partial charge is 0.294 e. The van der Waals surface area contributed by atoms with Gasteiger partial charge in [0.15, 0.2) is 0 Å². The molecule has 1 atom stereocenters. The highest BCUT2D eigenvalue weighted by molar-refractivity contribution is 7.89. The van der Waals surface area contributed by atoms with Crippen LogP contribution in [0.5, 0.6) is 0 Å². The molecule has 1 aromatic rings. The van der Waals surface area contributed by atoms with Crippen molar-refractivity contribution in [3.05, 3.63) is 6.33 Å². The van der Waals surface area contributed by atoms with Crippen molar-refractivity contribution in [3.8, 4) is 0 Å². The van der Waals surface area contributed by atoms with Crippen molar-refractivity contribution in [2.24, 2.45) is 0 Å². The minimum atomic E-state index is -3.36. The maximum atomic E-state index is 12.1. The molecule has 1 unspecified atom stereocenters. The fraction of sp³-hybridized carbons (Fsp3) is 0.700. The number of aromatic nitrogens is 3. The lowest BCUT2D eigenvalue weighted by molar-refractivity contribution is -0.119. The summed E-state index contributed by atoms with van der Waals surface area (Å²) in [5.74, 6) is -0.0716. The Kier molecular flexibility index (Phi) is 4.15. The van der Waals surface area contributed by atoms with E-state index < -0.39 is 16.1 Å². The summed E-state index contributed by atoms with van der Waals surface area (Å²) in [6.07, 6.45) is 3.03. The van der Waals surface area contributed by atoms with Crippen molar-refractivity contribution in [1.29, 1.82) is 0 Å². The number of carbonyl (C=O) groups excluding carboxylic acids is 1. The Morgan fingerprint density at radius 3 is 3.05 bits per heavy atom. The first-order valence-electron chi connectivity index (χ1n) is 6.20. The standard InChI is InChI=1S/C10H17N5O3S/c1-2-6-19(17,18)15-5-3-4-8(15)9(16)13-10-11-7-12-14-10/h7-8H,2-6H2,1H3,(H2,11,12,13,14,16). The van der Waals surface area contributed by atoms with Crippen LogP contribution in [0.3, 0.4) is 0 Å². The lowest BCUT2D eigenvalue weighted by Crippen LogP contribution is -2.44. The zero-order valence-electron chi connectivity index (χ0n) is 10.7. The van der Waals surface area contributed by atoms with E-state index in [1.165, 1.54) is 10.6 Å². The number of hydrogen-bond acceptors (Lipinski definition) is 5. The van der Waals surface area contributed by atoms with E-state index >= 15 is 0 Å². The van der Waals surface area contributed by atoms with Crippen molar-refractivity contribution in [2.75, 3.05) is 17.6 Å². The summed E-state index contributed by atoms with van der Waals surface area (Å²) in [6, 6.07) is -0.651. The third kappa shape index (κ3) is 3.10. The van der Waals surface area contributed by atoms with E-state index in [4.69, 9.17) is 0 Å². The van der Waals surface area contributed by atoms with E-state index in [1.807, 2.05) is 0 Å². The lowest BCUT2D eigenvalue weighted by Gasteiger charge is -2.22. The first kappa shape index (κ1) is 13.9. The molecule has 1 aliphatic heterocycles. The smallest absolute Gasteiger partial charge is 0.245 e. The molecule has 0 spiro atoms. The van der Waals surface area contributed by atoms with Gasteiger partial charge >= 0.3 is 0 Å². The number of aromatic amines is 1. The third-order valence-corrected chi connectivity index (χ3v) is 5.06. The lowest BCUT2D eigenvalue weighted by atomic mass is 10.2. The number of sulfonamides is 1. The number of carbonyl (C=O) groups is 1. The van der Waals surface area contributed by atoms with Gasteiger partial charge in [-0.2, -0.15) is 14.4 Å². The second-order valence-electron chi connectivity index (χ2n) is 4.41. The van der Waals surface area contributed by atoms with Crippen LogP contribution in [0.1, 0.15) is 26.2 Å². The molecule has 0 bridgehead atoms. The van der Waals surface area contributed by atoms with Gasteiger partial charge < -0.3 is 0 Å². The minimum absolute atomic E-state index is 0.0685. The fourth-order valence-corrected chi connectivity index (χ4v) is 3.92. The van der Waals surface area contributed by atoms with E-state index in [1.54, 1.807) is 6.92 Å². The normalized spacial score (nSPS) is 20.6. The first-order valence-corrected chi connectivity index (χ1v) is 7.81. The van der Waals surface area contributed by atoms with Gasteiger partial charge in [-0.1, -0.05) is 6.92 Å². The highest BCUT2D eigenvalue weighted by atomic mass is 32.2. The Labute approximate surface area is 111 Å². The molecule has 1 aliphatic rings. The van der Waals surface area contributed by atoms with E-state index in [-0.39, 0.29) is 17.6 Å². The summed E-state index contributed by atoms with van der Waals surface area (Å²) in [5, 5.41) is 8.66. The Balaban J connectivity index is 2.08. The molecule has 1 saturated heterocycles. The molecule has 0 aromatic carbocycles. The van der Waals surface area contributed by atoms with Crippen molar-refractivity contribution >= 4 is 21.9 Å². The average molecular weight is 287 g/mol. The molecule has 2 rings (SSSR count). The predicted octanol–water partition coefficient (Wildman–Crippen LogP) is -0.0526. The minimum Gasteiger partial charge on any atom is -0.294 e. The highest BCUT2D eigenvalue weighted by Crippen LogP contribution is 2.22. The number of rotatable bonds is 5. The molecule has 2 N–H and O–H groups in total. The predicted molar refractivity (Wildman–Crippen MR) is 68.8 cm³/mol. The molecule has 1 aromatic heterocycles. The van der Waals surface area contributed by atoms with E-state index in [0.717, 1.165) is 0 Å². The van der Waals surface area contributed by atoms with E-state index in [0.29, 0.717) is 25.8 Å². The highest BCUT2D eigenvalue weighted by Gasteiger charge is 2.38. The van der Waals surface area contributed by atoms with Gasteiger partial charge in [-0.25, -0.2) is 13.5 Å². The van der Waals surface area contributed by atoms with Gasteiger partial charge in [0.05, 0.1) is 5.75 Å². The van der Waals surface area contributed by atoms with Gasteiger partial charge in [0, 0.05) is 6.54 Å². The number of nitrogens with zero attached hydrogens (tertiary/aromatic N) is 3. The summed E-state index contributed by atoms with van der Waals surface area (Å²) in [6.45, 7) is 2.20. The van der Waals surface area contributed by atoms with Crippen LogP contribution in [0.4, 0.5) is 5.95 Å². The van der Waals surface area contributed by atoms with Crippen molar-refractivity contribution in [2.45, 2.75) is 32.2 Å². The molecule has 9 heteroatoms. The maximum Gasteiger partial charge on any atom is 0.245 e. The second-order valence-corrected chi connectivity index (χ2v) is 6.45. The van der Waals surface area contributed by atoms with Crippen LogP contribution in [0.15, 0.2) is 6.33 Å². The maximum absolute atomic E-state index is 12.1. The summed E-state index contributed by atoms with van der Waals surface area (Å²) < 4.78 is 25.4. The fourth-order valence-electron chi connectivity index (χ4n) is 2.18. The summed E-state index contributed by atoms with van der Waals surface area (Å²) >= 11 is 0. The number of hydrogen-bond donors (Lipinski definition) is 2. The van der Waals surface area contributed by atoms with Gasteiger partial charge in [-0.05, 0) is 19.3 Å². The van der Waals surface area contributed by atoms with Gasteiger partial charge in [-0.15, -0.1) is 0 Å². The van der Waals surface area contributed by atoms with Crippen molar-refractivity contribution in [3.63, 3.8) is 0 Å². The number of anilines is 1. The van der Waals surface area contributed by atoms with Gasteiger partial charge in [-0.3, -0.25) is 10.1 Å². The molecule has 8 nitrogen and oxygen atoms in total. The molecular formula is C10H17N5O3S.